The van der Waals surface area contributed by atoms with Gasteiger partial charge in [-0.05, 0) is 5.92 Å². The summed E-state index contributed by atoms with van der Waals surface area (Å²) in [6.07, 6.45) is 3.77. The zero-order chi connectivity index (χ0) is 11.9. The van der Waals surface area contributed by atoms with Gasteiger partial charge in [-0.2, -0.15) is 10.2 Å². The van der Waals surface area contributed by atoms with Crippen molar-refractivity contribution in [3.05, 3.63) is 18.0 Å². The van der Waals surface area contributed by atoms with Crippen molar-refractivity contribution in [2.45, 2.75) is 19.8 Å². The molecule has 86 valence electrons. The Balaban J connectivity index is 2.60. The molecular weight excluding hydrogens is 202 g/mol. The van der Waals surface area contributed by atoms with Crippen molar-refractivity contribution in [2.75, 3.05) is 5.73 Å². The maximum atomic E-state index is 6.02. The first-order chi connectivity index (χ1) is 7.50. The number of rotatable bonds is 2. The first kappa shape index (κ1) is 10.7. The molecule has 0 aliphatic heterocycles. The van der Waals surface area contributed by atoms with Gasteiger partial charge in [-0.15, -0.1) is 0 Å². The number of nitrogen functional groups attached to an aromatic ring is 1. The van der Waals surface area contributed by atoms with Crippen molar-refractivity contribution < 1.29 is 0 Å². The first-order valence-corrected chi connectivity index (χ1v) is 5.32. The Kier molecular flexibility index (Phi) is 2.46. The second kappa shape index (κ2) is 3.66. The largest absolute Gasteiger partial charge is 0.384 e. The predicted molar refractivity (Wildman–Crippen MR) is 63.9 cm³/mol. The minimum Gasteiger partial charge on any atom is -0.384 e. The van der Waals surface area contributed by atoms with E-state index in [2.05, 4.69) is 24.0 Å². The molecule has 0 amide bonds. The Bertz CT molecular complexity index is 506. The van der Waals surface area contributed by atoms with Crippen LogP contribution in [0.25, 0.3) is 11.3 Å². The number of aromatic nitrogens is 4. The number of nitrogens with two attached hydrogens (primary N) is 1. The SMILES string of the molecule is CC(C)c1c(-c2cnn(C)c2)nn(C)c1N. The van der Waals surface area contributed by atoms with Gasteiger partial charge in [-0.3, -0.25) is 9.36 Å². The summed E-state index contributed by atoms with van der Waals surface area (Å²) < 4.78 is 3.49. The van der Waals surface area contributed by atoms with Crippen LogP contribution in [0.2, 0.25) is 0 Å². The van der Waals surface area contributed by atoms with Crippen LogP contribution < -0.4 is 5.73 Å². The van der Waals surface area contributed by atoms with E-state index in [9.17, 15) is 0 Å². The van der Waals surface area contributed by atoms with Crippen LogP contribution in [0, 0.1) is 0 Å². The van der Waals surface area contributed by atoms with Crippen LogP contribution in [0.4, 0.5) is 5.82 Å². The van der Waals surface area contributed by atoms with E-state index in [0.717, 1.165) is 22.6 Å². The van der Waals surface area contributed by atoms with Gasteiger partial charge in [0.05, 0.1) is 6.20 Å². The normalized spacial score (nSPS) is 11.3. The quantitative estimate of drug-likeness (QED) is 0.833. The fourth-order valence-corrected chi connectivity index (χ4v) is 1.88. The molecule has 2 rings (SSSR count). The van der Waals surface area contributed by atoms with Crippen LogP contribution in [-0.2, 0) is 14.1 Å². The van der Waals surface area contributed by atoms with Crippen LogP contribution in [0.5, 0.6) is 0 Å². The number of hydrogen-bond donors (Lipinski definition) is 1. The minimum absolute atomic E-state index is 0.351. The fraction of sp³-hybridized carbons (Fsp3) is 0.455. The summed E-state index contributed by atoms with van der Waals surface area (Å²) in [4.78, 5) is 0. The van der Waals surface area contributed by atoms with E-state index in [-0.39, 0.29) is 0 Å². The molecular formula is C11H17N5. The van der Waals surface area contributed by atoms with Crippen molar-refractivity contribution >= 4 is 5.82 Å². The van der Waals surface area contributed by atoms with Gasteiger partial charge in [-0.1, -0.05) is 13.8 Å². The van der Waals surface area contributed by atoms with Gasteiger partial charge in [0.15, 0.2) is 0 Å². The zero-order valence-corrected chi connectivity index (χ0v) is 10.1. The van der Waals surface area contributed by atoms with Crippen molar-refractivity contribution in [3.63, 3.8) is 0 Å². The van der Waals surface area contributed by atoms with Crippen LogP contribution in [0.15, 0.2) is 12.4 Å². The van der Waals surface area contributed by atoms with E-state index >= 15 is 0 Å². The third-order valence-electron chi connectivity index (χ3n) is 2.69. The van der Waals surface area contributed by atoms with Crippen LogP contribution in [0.3, 0.4) is 0 Å². The van der Waals surface area contributed by atoms with Crippen molar-refractivity contribution in [2.24, 2.45) is 14.1 Å². The molecule has 0 radical (unpaired) electrons. The summed E-state index contributed by atoms with van der Waals surface area (Å²) in [7, 11) is 3.76. The Labute approximate surface area is 94.9 Å². The Hall–Kier alpha value is -1.78. The average molecular weight is 219 g/mol. The number of anilines is 1. The van der Waals surface area contributed by atoms with Crippen molar-refractivity contribution in [1.29, 1.82) is 0 Å². The molecule has 0 aliphatic carbocycles. The number of hydrogen-bond acceptors (Lipinski definition) is 3. The topological polar surface area (TPSA) is 61.7 Å². The molecule has 0 aliphatic rings. The lowest BCUT2D eigenvalue weighted by atomic mass is 10.0. The monoisotopic (exact) mass is 219 g/mol. The molecule has 16 heavy (non-hydrogen) atoms. The van der Waals surface area contributed by atoms with E-state index in [1.807, 2.05) is 26.5 Å². The molecule has 0 saturated heterocycles. The second-order valence-corrected chi connectivity index (χ2v) is 4.33. The van der Waals surface area contributed by atoms with Gasteiger partial charge in [-0.25, -0.2) is 0 Å². The molecule has 0 atom stereocenters. The van der Waals surface area contributed by atoms with Gasteiger partial charge < -0.3 is 5.73 Å². The summed E-state index contributed by atoms with van der Waals surface area (Å²) in [5.41, 5.74) is 9.06. The van der Waals surface area contributed by atoms with Gasteiger partial charge in [0.1, 0.15) is 11.5 Å². The smallest absolute Gasteiger partial charge is 0.125 e. The van der Waals surface area contributed by atoms with Gasteiger partial charge in [0.2, 0.25) is 0 Å². The predicted octanol–water partition coefficient (Wildman–Crippen LogP) is 1.53. The van der Waals surface area contributed by atoms with E-state index in [1.54, 1.807) is 9.36 Å². The lowest BCUT2D eigenvalue weighted by Crippen LogP contribution is -2.00. The molecule has 0 fully saturated rings. The molecule has 2 aromatic heterocycles. The van der Waals surface area contributed by atoms with E-state index < -0.39 is 0 Å². The van der Waals surface area contributed by atoms with Gasteiger partial charge >= 0.3 is 0 Å². The summed E-state index contributed by atoms with van der Waals surface area (Å²) >= 11 is 0. The maximum absolute atomic E-state index is 6.02. The molecule has 0 unspecified atom stereocenters. The minimum atomic E-state index is 0.351. The summed E-state index contributed by atoms with van der Waals surface area (Å²) in [5.74, 6) is 1.08. The molecule has 0 bridgehead atoms. The van der Waals surface area contributed by atoms with Gasteiger partial charge in [0.25, 0.3) is 0 Å². The summed E-state index contributed by atoms with van der Waals surface area (Å²) in [5, 5.41) is 8.61. The fourth-order valence-electron chi connectivity index (χ4n) is 1.88. The maximum Gasteiger partial charge on any atom is 0.125 e. The lowest BCUT2D eigenvalue weighted by molar-refractivity contribution is 0.767. The zero-order valence-electron chi connectivity index (χ0n) is 10.1. The van der Waals surface area contributed by atoms with Crippen LogP contribution >= 0.6 is 0 Å². The van der Waals surface area contributed by atoms with Crippen molar-refractivity contribution in [1.82, 2.24) is 19.6 Å². The summed E-state index contributed by atoms with van der Waals surface area (Å²) in [6.45, 7) is 4.24. The third kappa shape index (κ3) is 1.58. The molecule has 2 heterocycles. The highest BCUT2D eigenvalue weighted by Gasteiger charge is 2.18. The van der Waals surface area contributed by atoms with E-state index in [0.29, 0.717) is 5.92 Å². The second-order valence-electron chi connectivity index (χ2n) is 4.33. The molecule has 0 aromatic carbocycles. The number of nitrogens with zero attached hydrogens (tertiary/aromatic N) is 4. The first-order valence-electron chi connectivity index (χ1n) is 5.32. The third-order valence-corrected chi connectivity index (χ3v) is 2.69. The highest BCUT2D eigenvalue weighted by Crippen LogP contribution is 2.32. The molecule has 0 saturated carbocycles. The lowest BCUT2D eigenvalue weighted by Gasteiger charge is -2.05. The summed E-state index contributed by atoms with van der Waals surface area (Å²) in [6, 6.07) is 0. The molecule has 2 aromatic rings. The Morgan fingerprint density at radius 1 is 1.31 bits per heavy atom. The standard InChI is InChI=1S/C11H17N5/c1-7(2)9-10(14-16(4)11(9)12)8-5-13-15(3)6-8/h5-7H,12H2,1-4H3. The van der Waals surface area contributed by atoms with Gasteiger partial charge in [0, 0.05) is 31.4 Å². The molecule has 0 spiro atoms. The van der Waals surface area contributed by atoms with E-state index in [1.165, 1.54) is 0 Å². The Morgan fingerprint density at radius 3 is 2.50 bits per heavy atom. The number of aryl methyl sites for hydroxylation is 2. The molecule has 2 N–H and O–H groups in total. The average Bonchev–Trinajstić information content (AvgIpc) is 2.73. The molecule has 5 nitrogen and oxygen atoms in total. The highest BCUT2D eigenvalue weighted by atomic mass is 15.3. The van der Waals surface area contributed by atoms with E-state index in [4.69, 9.17) is 5.73 Å². The van der Waals surface area contributed by atoms with Crippen LogP contribution in [0.1, 0.15) is 25.3 Å². The Morgan fingerprint density at radius 2 is 2.00 bits per heavy atom. The molecule has 5 heteroatoms. The van der Waals surface area contributed by atoms with Crippen LogP contribution in [-0.4, -0.2) is 19.6 Å². The highest BCUT2D eigenvalue weighted by molar-refractivity contribution is 5.68. The van der Waals surface area contributed by atoms with Crippen molar-refractivity contribution in [3.8, 4) is 11.3 Å².